The van der Waals surface area contributed by atoms with E-state index in [1.54, 1.807) is 4.68 Å². The number of aromatic nitrogens is 3. The molecule has 26 heavy (non-hydrogen) atoms. The quantitative estimate of drug-likeness (QED) is 0.803. The zero-order valence-corrected chi connectivity index (χ0v) is 15.7. The Bertz CT molecular complexity index is 808. The van der Waals surface area contributed by atoms with Gasteiger partial charge in [0, 0.05) is 25.5 Å². The van der Waals surface area contributed by atoms with Crippen molar-refractivity contribution in [2.75, 3.05) is 30.9 Å². The van der Waals surface area contributed by atoms with Gasteiger partial charge in [0.25, 0.3) is 0 Å². The van der Waals surface area contributed by atoms with Gasteiger partial charge in [0.1, 0.15) is 12.4 Å². The van der Waals surface area contributed by atoms with Crippen LogP contribution in [0.15, 0.2) is 41.9 Å². The van der Waals surface area contributed by atoms with E-state index >= 15 is 0 Å². The number of nitrogens with one attached hydrogen (secondary N) is 1. The number of hydrogen-bond donors (Lipinski definition) is 1. The van der Waals surface area contributed by atoms with E-state index in [1.165, 1.54) is 6.33 Å². The monoisotopic (exact) mass is 355 g/mol. The molecule has 0 amide bonds. The van der Waals surface area contributed by atoms with Crippen molar-refractivity contribution >= 4 is 17.6 Å². The predicted molar refractivity (Wildman–Crippen MR) is 101 cm³/mol. The van der Waals surface area contributed by atoms with Crippen molar-refractivity contribution in [3.63, 3.8) is 0 Å². The molecule has 0 aliphatic carbocycles. The number of allylic oxidation sites excluding steroid dienone is 1. The summed E-state index contributed by atoms with van der Waals surface area (Å²) in [5.41, 5.74) is 3.52. The summed E-state index contributed by atoms with van der Waals surface area (Å²) < 4.78 is 7.10. The lowest BCUT2D eigenvalue weighted by Gasteiger charge is -2.29. The lowest BCUT2D eigenvalue weighted by atomic mass is 9.94. The van der Waals surface area contributed by atoms with Crippen LogP contribution in [0.25, 0.3) is 0 Å². The highest BCUT2D eigenvalue weighted by Crippen LogP contribution is 2.37. The Morgan fingerprint density at radius 1 is 1.27 bits per heavy atom. The van der Waals surface area contributed by atoms with E-state index in [1.807, 2.05) is 50.2 Å². The highest BCUT2D eigenvalue weighted by atomic mass is 16.5. The number of ether oxygens (including phenoxy) is 1. The van der Waals surface area contributed by atoms with Crippen molar-refractivity contribution in [2.45, 2.75) is 32.7 Å². The summed E-state index contributed by atoms with van der Waals surface area (Å²) >= 11 is 0. The van der Waals surface area contributed by atoms with Gasteiger partial charge in [-0.05, 0) is 31.0 Å². The maximum absolute atomic E-state index is 12.8. The number of carbonyl (C=O) groups excluding carboxylic acids is 1. The molecule has 2 aromatic rings. The Morgan fingerprint density at radius 2 is 2.00 bits per heavy atom. The molecular weight excluding hydrogens is 330 g/mol. The summed E-state index contributed by atoms with van der Waals surface area (Å²) in [7, 11) is 4.00. The summed E-state index contributed by atoms with van der Waals surface area (Å²) in [4.78, 5) is 19.1. The van der Waals surface area contributed by atoms with Crippen molar-refractivity contribution in [1.82, 2.24) is 14.8 Å². The molecule has 3 rings (SSSR count). The molecule has 0 bridgehead atoms. The Balaban J connectivity index is 2.12. The smallest absolute Gasteiger partial charge is 0.338 e. The van der Waals surface area contributed by atoms with Crippen LogP contribution >= 0.6 is 0 Å². The average Bonchev–Trinajstić information content (AvgIpc) is 3.09. The minimum absolute atomic E-state index is 0.314. The molecule has 1 aliphatic heterocycles. The van der Waals surface area contributed by atoms with Crippen molar-refractivity contribution in [3.8, 4) is 0 Å². The normalized spacial score (nSPS) is 16.1. The van der Waals surface area contributed by atoms with Crippen molar-refractivity contribution in [1.29, 1.82) is 0 Å². The first-order valence-electron chi connectivity index (χ1n) is 8.90. The second-order valence-electron chi connectivity index (χ2n) is 6.40. The Morgan fingerprint density at radius 3 is 2.62 bits per heavy atom. The van der Waals surface area contributed by atoms with E-state index in [2.05, 4.69) is 22.3 Å². The lowest BCUT2D eigenvalue weighted by molar-refractivity contribution is -0.139. The van der Waals surface area contributed by atoms with Gasteiger partial charge >= 0.3 is 5.97 Å². The maximum atomic E-state index is 12.8. The molecule has 0 radical (unpaired) electrons. The molecule has 7 heteroatoms. The van der Waals surface area contributed by atoms with E-state index in [9.17, 15) is 4.79 Å². The average molecular weight is 355 g/mol. The Kier molecular flexibility index (Phi) is 5.25. The largest absolute Gasteiger partial charge is 0.463 e. The van der Waals surface area contributed by atoms with Gasteiger partial charge in [0.05, 0.1) is 12.2 Å². The molecular formula is C19H25N5O2. The second kappa shape index (κ2) is 7.59. The molecule has 0 unspecified atom stereocenters. The van der Waals surface area contributed by atoms with Gasteiger partial charge in [-0.15, -0.1) is 0 Å². The highest BCUT2D eigenvalue weighted by molar-refractivity contribution is 5.92. The van der Waals surface area contributed by atoms with Gasteiger partial charge in [-0.3, -0.25) is 0 Å². The fourth-order valence-electron chi connectivity index (χ4n) is 3.17. The van der Waals surface area contributed by atoms with Gasteiger partial charge in [-0.25, -0.2) is 9.48 Å². The van der Waals surface area contributed by atoms with E-state index in [4.69, 9.17) is 4.74 Å². The molecule has 0 saturated heterocycles. The molecule has 2 heterocycles. The summed E-state index contributed by atoms with van der Waals surface area (Å²) in [6, 6.07) is 7.77. The first-order chi connectivity index (χ1) is 12.6. The van der Waals surface area contributed by atoms with Crippen LogP contribution in [-0.2, 0) is 9.53 Å². The fourth-order valence-corrected chi connectivity index (χ4v) is 3.17. The number of carbonyl (C=O) groups is 1. The Labute approximate surface area is 153 Å². The zero-order valence-electron chi connectivity index (χ0n) is 15.7. The summed E-state index contributed by atoms with van der Waals surface area (Å²) in [5, 5.41) is 7.61. The lowest BCUT2D eigenvalue weighted by Crippen LogP contribution is -2.30. The van der Waals surface area contributed by atoms with Crippen LogP contribution in [0.5, 0.6) is 0 Å². The molecule has 138 valence electrons. The van der Waals surface area contributed by atoms with Gasteiger partial charge in [0.2, 0.25) is 5.95 Å². The van der Waals surface area contributed by atoms with E-state index in [0.29, 0.717) is 18.1 Å². The van der Waals surface area contributed by atoms with E-state index < -0.39 is 0 Å². The third-order valence-electron chi connectivity index (χ3n) is 4.40. The molecule has 1 aromatic heterocycles. The number of rotatable bonds is 6. The van der Waals surface area contributed by atoms with Gasteiger partial charge < -0.3 is 15.0 Å². The first-order valence-corrected chi connectivity index (χ1v) is 8.90. The number of esters is 1. The minimum Gasteiger partial charge on any atom is -0.463 e. The number of anilines is 2. The molecule has 0 fully saturated rings. The third kappa shape index (κ3) is 3.29. The molecule has 1 atom stereocenters. The molecule has 0 saturated carbocycles. The van der Waals surface area contributed by atoms with Crippen LogP contribution in [-0.4, -0.2) is 41.4 Å². The van der Waals surface area contributed by atoms with Crippen LogP contribution in [0.2, 0.25) is 0 Å². The van der Waals surface area contributed by atoms with Gasteiger partial charge in [-0.1, -0.05) is 25.5 Å². The van der Waals surface area contributed by atoms with Crippen molar-refractivity contribution in [3.05, 3.63) is 47.4 Å². The maximum Gasteiger partial charge on any atom is 0.338 e. The minimum atomic E-state index is -0.356. The van der Waals surface area contributed by atoms with Crippen LogP contribution in [0, 0.1) is 0 Å². The number of nitrogens with zero attached hydrogens (tertiary/aromatic N) is 4. The number of fused-ring (bicyclic) bond motifs is 1. The Hall–Kier alpha value is -2.83. The molecule has 7 nitrogen and oxygen atoms in total. The standard InChI is InChI=1S/C19H25N5O2/c1-5-7-15-16(18(25)26-6-2)17(24-19(22-15)20-12-21-24)13-8-10-14(11-9-13)23(3)4/h8-12,17H,5-7H2,1-4H3,(H,20,21,22)/t17-/m0/s1. The van der Waals surface area contributed by atoms with Crippen molar-refractivity contribution in [2.24, 2.45) is 0 Å². The van der Waals surface area contributed by atoms with Gasteiger partial charge in [-0.2, -0.15) is 10.1 Å². The molecule has 1 N–H and O–H groups in total. The van der Waals surface area contributed by atoms with Gasteiger partial charge in [0.15, 0.2) is 0 Å². The zero-order chi connectivity index (χ0) is 18.7. The predicted octanol–water partition coefficient (Wildman–Crippen LogP) is 2.98. The summed E-state index contributed by atoms with van der Waals surface area (Å²) in [5.74, 6) is 0.328. The topological polar surface area (TPSA) is 72.3 Å². The number of hydrogen-bond acceptors (Lipinski definition) is 6. The first kappa shape index (κ1) is 18.0. The number of benzene rings is 1. The van der Waals surface area contributed by atoms with Crippen LogP contribution in [0.4, 0.5) is 11.6 Å². The van der Waals surface area contributed by atoms with E-state index in [0.717, 1.165) is 29.8 Å². The fraction of sp³-hybridized carbons (Fsp3) is 0.421. The van der Waals surface area contributed by atoms with E-state index in [-0.39, 0.29) is 12.0 Å². The molecule has 1 aliphatic rings. The summed E-state index contributed by atoms with van der Waals surface area (Å²) in [6.45, 7) is 4.23. The second-order valence-corrected chi connectivity index (χ2v) is 6.40. The highest BCUT2D eigenvalue weighted by Gasteiger charge is 2.35. The molecule has 1 aromatic carbocycles. The molecule has 0 spiro atoms. The van der Waals surface area contributed by atoms with Crippen LogP contribution < -0.4 is 10.2 Å². The van der Waals surface area contributed by atoms with Crippen LogP contribution in [0.1, 0.15) is 38.3 Å². The summed E-state index contributed by atoms with van der Waals surface area (Å²) in [6.07, 6.45) is 3.15. The van der Waals surface area contributed by atoms with Crippen molar-refractivity contribution < 1.29 is 9.53 Å². The SMILES string of the molecule is CCCC1=C(C(=O)OCC)[C@H](c2ccc(N(C)C)cc2)n2ncnc2N1. The third-order valence-corrected chi connectivity index (χ3v) is 4.40. The van der Waals surface area contributed by atoms with Crippen LogP contribution in [0.3, 0.4) is 0 Å².